The normalized spacial score (nSPS) is 32.8. The molecule has 0 aromatic heterocycles. The Kier molecular flexibility index (Phi) is 2.90. The first kappa shape index (κ1) is 11.4. The Bertz CT molecular complexity index is 330. The van der Waals surface area contributed by atoms with Crippen molar-refractivity contribution in [2.75, 3.05) is 20.1 Å². The molecule has 1 aliphatic heterocycles. The molecule has 0 aromatic carbocycles. The lowest BCUT2D eigenvalue weighted by atomic mass is 9.93. The van der Waals surface area contributed by atoms with E-state index in [0.717, 1.165) is 32.4 Å². The molecule has 0 aromatic rings. The van der Waals surface area contributed by atoms with E-state index in [4.69, 9.17) is 5.26 Å². The van der Waals surface area contributed by atoms with Crippen LogP contribution in [0.1, 0.15) is 26.2 Å². The van der Waals surface area contributed by atoms with Gasteiger partial charge in [-0.3, -0.25) is 4.79 Å². The van der Waals surface area contributed by atoms with Crippen LogP contribution in [0.3, 0.4) is 0 Å². The molecular formula is C12H19N3O. The molecule has 88 valence electrons. The molecule has 4 heteroatoms. The van der Waals surface area contributed by atoms with Gasteiger partial charge in [-0.25, -0.2) is 0 Å². The van der Waals surface area contributed by atoms with Gasteiger partial charge in [-0.05, 0) is 38.8 Å². The summed E-state index contributed by atoms with van der Waals surface area (Å²) in [7, 11) is 2.10. The lowest BCUT2D eigenvalue weighted by Crippen LogP contribution is -2.50. The lowest BCUT2D eigenvalue weighted by Gasteiger charge is -2.35. The summed E-state index contributed by atoms with van der Waals surface area (Å²) < 4.78 is 0. The maximum Gasteiger partial charge on any atom is 0.240 e. The number of nitrogens with zero attached hydrogens (tertiary/aromatic N) is 2. The minimum absolute atomic E-state index is 0.0450. The molecule has 1 aliphatic carbocycles. The summed E-state index contributed by atoms with van der Waals surface area (Å²) in [5.74, 6) is 0.425. The van der Waals surface area contributed by atoms with E-state index >= 15 is 0 Å². The molecule has 1 amide bonds. The number of carbonyl (C=O) groups excluding carboxylic acids is 1. The number of likely N-dealkylation sites (tertiary alicyclic amines) is 1. The fraction of sp³-hybridized carbons (Fsp3) is 0.833. The summed E-state index contributed by atoms with van der Waals surface area (Å²) in [4.78, 5) is 14.2. The fourth-order valence-corrected chi connectivity index (χ4v) is 2.39. The van der Waals surface area contributed by atoms with Gasteiger partial charge in [-0.2, -0.15) is 5.26 Å². The van der Waals surface area contributed by atoms with Gasteiger partial charge in [-0.15, -0.1) is 0 Å². The van der Waals surface area contributed by atoms with Crippen LogP contribution in [0.25, 0.3) is 0 Å². The summed E-state index contributed by atoms with van der Waals surface area (Å²) >= 11 is 0. The first-order valence-electron chi connectivity index (χ1n) is 5.98. The molecule has 1 heterocycles. The number of nitrogens with one attached hydrogen (secondary N) is 1. The Morgan fingerprint density at radius 3 is 2.75 bits per heavy atom. The van der Waals surface area contributed by atoms with E-state index in [2.05, 4.69) is 30.3 Å². The van der Waals surface area contributed by atoms with Gasteiger partial charge in [0.25, 0.3) is 0 Å². The zero-order valence-corrected chi connectivity index (χ0v) is 9.99. The summed E-state index contributed by atoms with van der Waals surface area (Å²) in [5.41, 5.74) is -0.678. The first-order valence-corrected chi connectivity index (χ1v) is 5.98. The minimum Gasteiger partial charge on any atom is -0.352 e. The van der Waals surface area contributed by atoms with Crippen molar-refractivity contribution in [3.63, 3.8) is 0 Å². The molecule has 2 rings (SSSR count). The van der Waals surface area contributed by atoms with Gasteiger partial charge >= 0.3 is 0 Å². The minimum atomic E-state index is -0.678. The maximum absolute atomic E-state index is 11.9. The molecule has 1 N–H and O–H groups in total. The first-order chi connectivity index (χ1) is 7.57. The van der Waals surface area contributed by atoms with Crippen molar-refractivity contribution < 1.29 is 4.79 Å². The molecule has 2 atom stereocenters. The SMILES string of the molecule is CC1CN(C)CCC1NC(=O)C1(C#N)CC1. The maximum atomic E-state index is 11.9. The van der Waals surface area contributed by atoms with Crippen molar-refractivity contribution in [1.29, 1.82) is 5.26 Å². The van der Waals surface area contributed by atoms with Crippen molar-refractivity contribution in [2.45, 2.75) is 32.2 Å². The number of nitriles is 1. The molecule has 4 nitrogen and oxygen atoms in total. The van der Waals surface area contributed by atoms with Crippen LogP contribution in [0.4, 0.5) is 0 Å². The standard InChI is InChI=1S/C12H19N3O/c1-9-7-15(2)6-3-10(9)14-11(16)12(8-13)4-5-12/h9-10H,3-7H2,1-2H3,(H,14,16). The van der Waals surface area contributed by atoms with E-state index in [1.807, 2.05) is 0 Å². The Balaban J connectivity index is 1.91. The van der Waals surface area contributed by atoms with Crippen molar-refractivity contribution >= 4 is 5.91 Å². The molecule has 2 unspecified atom stereocenters. The van der Waals surface area contributed by atoms with E-state index in [1.54, 1.807) is 0 Å². The lowest BCUT2D eigenvalue weighted by molar-refractivity contribution is -0.125. The highest BCUT2D eigenvalue weighted by Gasteiger charge is 2.51. The quantitative estimate of drug-likeness (QED) is 0.748. The highest BCUT2D eigenvalue weighted by molar-refractivity contribution is 5.88. The average molecular weight is 221 g/mol. The third-order valence-corrected chi connectivity index (χ3v) is 3.82. The summed E-state index contributed by atoms with van der Waals surface area (Å²) in [6.45, 7) is 4.20. The summed E-state index contributed by atoms with van der Waals surface area (Å²) in [6, 6.07) is 2.39. The van der Waals surface area contributed by atoms with Crippen LogP contribution in [-0.2, 0) is 4.79 Å². The van der Waals surface area contributed by atoms with Crippen molar-refractivity contribution in [1.82, 2.24) is 10.2 Å². The van der Waals surface area contributed by atoms with Crippen LogP contribution in [0.2, 0.25) is 0 Å². The van der Waals surface area contributed by atoms with Gasteiger partial charge in [0.2, 0.25) is 5.91 Å². The van der Waals surface area contributed by atoms with E-state index in [0.29, 0.717) is 5.92 Å². The zero-order chi connectivity index (χ0) is 11.8. The van der Waals surface area contributed by atoms with Crippen LogP contribution < -0.4 is 5.32 Å². The Labute approximate surface area is 96.6 Å². The van der Waals surface area contributed by atoms with Crippen molar-refractivity contribution in [3.05, 3.63) is 0 Å². The second-order valence-electron chi connectivity index (χ2n) is 5.30. The molecule has 0 spiro atoms. The van der Waals surface area contributed by atoms with Gasteiger partial charge < -0.3 is 10.2 Å². The van der Waals surface area contributed by atoms with Gasteiger partial charge in [0, 0.05) is 12.6 Å². The van der Waals surface area contributed by atoms with Crippen LogP contribution in [-0.4, -0.2) is 37.0 Å². The van der Waals surface area contributed by atoms with Gasteiger partial charge in [-0.1, -0.05) is 6.92 Å². The number of hydrogen-bond acceptors (Lipinski definition) is 3. The molecule has 0 bridgehead atoms. The van der Waals surface area contributed by atoms with Gasteiger partial charge in [0.1, 0.15) is 5.41 Å². The predicted molar refractivity (Wildman–Crippen MR) is 60.5 cm³/mol. The van der Waals surface area contributed by atoms with E-state index in [1.165, 1.54) is 0 Å². The smallest absolute Gasteiger partial charge is 0.240 e. The monoisotopic (exact) mass is 221 g/mol. The van der Waals surface area contributed by atoms with Gasteiger partial charge in [0.05, 0.1) is 6.07 Å². The number of amides is 1. The topological polar surface area (TPSA) is 56.1 Å². The van der Waals surface area contributed by atoms with E-state index in [-0.39, 0.29) is 11.9 Å². The van der Waals surface area contributed by atoms with E-state index in [9.17, 15) is 4.79 Å². The largest absolute Gasteiger partial charge is 0.352 e. The summed E-state index contributed by atoms with van der Waals surface area (Å²) in [5, 5.41) is 12.0. The average Bonchev–Trinajstić information content (AvgIpc) is 3.03. The molecular weight excluding hydrogens is 202 g/mol. The Morgan fingerprint density at radius 1 is 1.56 bits per heavy atom. The van der Waals surface area contributed by atoms with Crippen LogP contribution in [0.15, 0.2) is 0 Å². The highest BCUT2D eigenvalue weighted by Crippen LogP contribution is 2.45. The van der Waals surface area contributed by atoms with Gasteiger partial charge in [0.15, 0.2) is 0 Å². The number of hydrogen-bond donors (Lipinski definition) is 1. The molecule has 0 radical (unpaired) electrons. The van der Waals surface area contributed by atoms with Crippen molar-refractivity contribution in [2.24, 2.45) is 11.3 Å². The second-order valence-corrected chi connectivity index (χ2v) is 5.30. The fourth-order valence-electron chi connectivity index (χ4n) is 2.39. The number of rotatable bonds is 2. The Hall–Kier alpha value is -1.08. The van der Waals surface area contributed by atoms with Crippen molar-refractivity contribution in [3.8, 4) is 6.07 Å². The van der Waals surface area contributed by atoms with Crippen LogP contribution in [0, 0.1) is 22.7 Å². The number of carbonyl (C=O) groups is 1. The third kappa shape index (κ3) is 2.05. The highest BCUT2D eigenvalue weighted by atomic mass is 16.2. The van der Waals surface area contributed by atoms with Crippen LogP contribution >= 0.6 is 0 Å². The number of piperidine rings is 1. The third-order valence-electron chi connectivity index (χ3n) is 3.82. The predicted octanol–water partition coefficient (Wildman–Crippen LogP) is 0.747. The molecule has 1 saturated carbocycles. The molecule has 2 fully saturated rings. The summed E-state index contributed by atoms with van der Waals surface area (Å²) in [6.07, 6.45) is 2.46. The zero-order valence-electron chi connectivity index (χ0n) is 9.99. The Morgan fingerprint density at radius 2 is 2.25 bits per heavy atom. The van der Waals surface area contributed by atoms with E-state index < -0.39 is 5.41 Å². The molecule has 1 saturated heterocycles. The molecule has 2 aliphatic rings. The second kappa shape index (κ2) is 4.06. The van der Waals surface area contributed by atoms with Crippen LogP contribution in [0.5, 0.6) is 0 Å². The molecule has 16 heavy (non-hydrogen) atoms.